The molecule has 1 saturated heterocycles. The summed E-state index contributed by atoms with van der Waals surface area (Å²) in [5, 5.41) is 0.654. The van der Waals surface area contributed by atoms with Gasteiger partial charge in [0.1, 0.15) is 0 Å². The van der Waals surface area contributed by atoms with Crippen molar-refractivity contribution in [3.05, 3.63) is 11.1 Å². The number of rotatable bonds is 2. The molecule has 1 aromatic rings. The normalized spacial score (nSPS) is 23.9. The number of thiazole rings is 1. The molecule has 1 aliphatic rings. The average Bonchev–Trinajstić information content (AvgIpc) is 2.56. The smallest absolute Gasteiger partial charge is 0.180 e. The number of nitrogen functional groups attached to an aromatic ring is 1. The van der Waals surface area contributed by atoms with Gasteiger partial charge in [-0.25, -0.2) is 4.98 Å². The zero-order chi connectivity index (χ0) is 9.97. The van der Waals surface area contributed by atoms with E-state index in [9.17, 15) is 0 Å². The van der Waals surface area contributed by atoms with Crippen LogP contribution in [-0.2, 0) is 11.3 Å². The summed E-state index contributed by atoms with van der Waals surface area (Å²) in [6.07, 6.45) is 1.86. The minimum atomic E-state index is 0.493. The predicted molar refractivity (Wildman–Crippen MR) is 57.2 cm³/mol. The van der Waals surface area contributed by atoms with Crippen LogP contribution >= 0.6 is 11.3 Å². The van der Waals surface area contributed by atoms with Gasteiger partial charge in [-0.15, -0.1) is 11.3 Å². The Morgan fingerprint density at radius 3 is 3.29 bits per heavy atom. The van der Waals surface area contributed by atoms with E-state index in [1.807, 2.05) is 6.20 Å². The Kier molecular flexibility index (Phi) is 3.00. The number of hydrogen-bond acceptors (Lipinski definition) is 5. The van der Waals surface area contributed by atoms with Crippen LogP contribution in [0.4, 0.5) is 5.13 Å². The highest BCUT2D eigenvalue weighted by molar-refractivity contribution is 7.15. The van der Waals surface area contributed by atoms with Gasteiger partial charge in [-0.3, -0.25) is 4.90 Å². The molecule has 0 unspecified atom stereocenters. The van der Waals surface area contributed by atoms with Crippen LogP contribution in [0.1, 0.15) is 11.8 Å². The molecule has 0 saturated carbocycles. The van der Waals surface area contributed by atoms with Crippen LogP contribution in [0.2, 0.25) is 0 Å². The van der Waals surface area contributed by atoms with Gasteiger partial charge in [0.25, 0.3) is 0 Å². The molecule has 1 aliphatic heterocycles. The number of hydrogen-bond donors (Lipinski definition) is 1. The predicted octanol–water partition coefficient (Wildman–Crippen LogP) is 0.946. The van der Waals surface area contributed by atoms with Gasteiger partial charge in [0.2, 0.25) is 0 Å². The van der Waals surface area contributed by atoms with Gasteiger partial charge in [0.15, 0.2) is 5.13 Å². The Balaban J connectivity index is 1.95. The van der Waals surface area contributed by atoms with Crippen LogP contribution in [0.25, 0.3) is 0 Å². The molecule has 14 heavy (non-hydrogen) atoms. The molecule has 2 rings (SSSR count). The maximum atomic E-state index is 5.58. The van der Waals surface area contributed by atoms with Gasteiger partial charge in [-0.05, 0) is 6.92 Å². The Morgan fingerprint density at radius 1 is 1.79 bits per heavy atom. The first-order valence-corrected chi connectivity index (χ1v) is 5.59. The van der Waals surface area contributed by atoms with Crippen molar-refractivity contribution >= 4 is 16.5 Å². The van der Waals surface area contributed by atoms with Crippen molar-refractivity contribution in [2.45, 2.75) is 19.5 Å². The maximum Gasteiger partial charge on any atom is 0.180 e. The minimum Gasteiger partial charge on any atom is -0.379 e. The molecule has 0 amide bonds. The van der Waals surface area contributed by atoms with Crippen molar-refractivity contribution in [1.82, 2.24) is 9.88 Å². The van der Waals surface area contributed by atoms with E-state index in [0.29, 0.717) is 11.2 Å². The Bertz CT molecular complexity index is 302. The molecule has 0 aromatic carbocycles. The topological polar surface area (TPSA) is 51.4 Å². The summed E-state index contributed by atoms with van der Waals surface area (Å²) in [6.45, 7) is 5.79. The van der Waals surface area contributed by atoms with Crippen molar-refractivity contribution in [1.29, 1.82) is 0 Å². The molecule has 0 spiro atoms. The Hall–Kier alpha value is -0.650. The van der Waals surface area contributed by atoms with Crippen molar-refractivity contribution in [2.24, 2.45) is 0 Å². The lowest BCUT2D eigenvalue weighted by molar-refractivity contribution is -0.00393. The molecule has 0 bridgehead atoms. The molecular formula is C9H15N3OS. The monoisotopic (exact) mass is 213 g/mol. The van der Waals surface area contributed by atoms with Crippen molar-refractivity contribution < 1.29 is 4.74 Å². The molecule has 1 fully saturated rings. The molecule has 0 aliphatic carbocycles. The summed E-state index contributed by atoms with van der Waals surface area (Å²) in [7, 11) is 0. The van der Waals surface area contributed by atoms with Gasteiger partial charge >= 0.3 is 0 Å². The number of morpholine rings is 1. The van der Waals surface area contributed by atoms with Crippen LogP contribution in [0.15, 0.2) is 6.20 Å². The minimum absolute atomic E-state index is 0.493. The standard InChI is InChI=1S/C9H15N3OS/c1-7-6-13-3-2-12(7)5-8-4-11-9(10)14-8/h4,7H,2-3,5-6H2,1H3,(H2,10,11)/t7-/m1/s1. The van der Waals surface area contributed by atoms with Gasteiger partial charge in [-0.1, -0.05) is 0 Å². The molecule has 1 aromatic heterocycles. The van der Waals surface area contributed by atoms with Crippen molar-refractivity contribution in [2.75, 3.05) is 25.5 Å². The molecule has 5 heteroatoms. The first kappa shape index (κ1) is 9.89. The quantitative estimate of drug-likeness (QED) is 0.794. The molecule has 78 valence electrons. The van der Waals surface area contributed by atoms with Gasteiger partial charge in [0, 0.05) is 30.2 Å². The van der Waals surface area contributed by atoms with Gasteiger partial charge < -0.3 is 10.5 Å². The first-order valence-electron chi connectivity index (χ1n) is 4.77. The van der Waals surface area contributed by atoms with E-state index in [0.717, 1.165) is 26.3 Å². The van der Waals surface area contributed by atoms with Gasteiger partial charge in [0.05, 0.1) is 13.2 Å². The summed E-state index contributed by atoms with van der Waals surface area (Å²) in [5.74, 6) is 0. The first-order chi connectivity index (χ1) is 6.75. The second-order valence-corrected chi connectivity index (χ2v) is 4.71. The van der Waals surface area contributed by atoms with E-state index in [2.05, 4.69) is 16.8 Å². The zero-order valence-corrected chi connectivity index (χ0v) is 9.09. The lowest BCUT2D eigenvalue weighted by Gasteiger charge is -2.32. The van der Waals surface area contributed by atoms with E-state index < -0.39 is 0 Å². The van der Waals surface area contributed by atoms with Crippen LogP contribution < -0.4 is 5.73 Å². The summed E-state index contributed by atoms with van der Waals surface area (Å²) >= 11 is 1.57. The molecule has 2 heterocycles. The molecule has 0 radical (unpaired) electrons. The van der Waals surface area contributed by atoms with Crippen LogP contribution in [0, 0.1) is 0 Å². The van der Waals surface area contributed by atoms with Gasteiger partial charge in [-0.2, -0.15) is 0 Å². The molecule has 4 nitrogen and oxygen atoms in total. The summed E-state index contributed by atoms with van der Waals surface area (Å²) in [4.78, 5) is 7.68. The van der Waals surface area contributed by atoms with E-state index in [1.54, 1.807) is 11.3 Å². The number of aromatic nitrogens is 1. The highest BCUT2D eigenvalue weighted by atomic mass is 32.1. The van der Waals surface area contributed by atoms with E-state index >= 15 is 0 Å². The van der Waals surface area contributed by atoms with Crippen LogP contribution in [0.3, 0.4) is 0 Å². The Morgan fingerprint density at radius 2 is 2.64 bits per heavy atom. The van der Waals surface area contributed by atoms with Crippen LogP contribution in [0.5, 0.6) is 0 Å². The summed E-state index contributed by atoms with van der Waals surface area (Å²) < 4.78 is 5.38. The van der Waals surface area contributed by atoms with E-state index in [1.165, 1.54) is 4.88 Å². The SMILES string of the molecule is C[C@@H]1COCCN1Cc1cnc(N)s1. The van der Waals surface area contributed by atoms with E-state index in [-0.39, 0.29) is 0 Å². The summed E-state index contributed by atoms with van der Waals surface area (Å²) in [5.41, 5.74) is 5.58. The highest BCUT2D eigenvalue weighted by Gasteiger charge is 2.19. The second kappa shape index (κ2) is 4.25. The third-order valence-electron chi connectivity index (χ3n) is 2.44. The third kappa shape index (κ3) is 2.23. The Labute approximate surface area is 87.7 Å². The summed E-state index contributed by atoms with van der Waals surface area (Å²) in [6, 6.07) is 0.493. The number of anilines is 1. The fourth-order valence-corrected chi connectivity index (χ4v) is 2.30. The second-order valence-electron chi connectivity index (χ2n) is 3.56. The molecule has 1 atom stereocenters. The van der Waals surface area contributed by atoms with E-state index in [4.69, 9.17) is 10.5 Å². The van der Waals surface area contributed by atoms with Crippen molar-refractivity contribution in [3.63, 3.8) is 0 Å². The molecular weight excluding hydrogens is 198 g/mol. The fraction of sp³-hybridized carbons (Fsp3) is 0.667. The number of nitrogens with two attached hydrogens (primary N) is 1. The average molecular weight is 213 g/mol. The largest absolute Gasteiger partial charge is 0.379 e. The zero-order valence-electron chi connectivity index (χ0n) is 8.27. The molecule has 2 N–H and O–H groups in total. The maximum absolute atomic E-state index is 5.58. The lowest BCUT2D eigenvalue weighted by atomic mass is 10.2. The number of nitrogens with zero attached hydrogens (tertiary/aromatic N) is 2. The lowest BCUT2D eigenvalue weighted by Crippen LogP contribution is -2.42. The third-order valence-corrected chi connectivity index (χ3v) is 3.25. The number of ether oxygens (including phenoxy) is 1. The fourth-order valence-electron chi connectivity index (χ4n) is 1.59. The van der Waals surface area contributed by atoms with Crippen molar-refractivity contribution in [3.8, 4) is 0 Å². The highest BCUT2D eigenvalue weighted by Crippen LogP contribution is 2.18. The van der Waals surface area contributed by atoms with Crippen LogP contribution in [-0.4, -0.2) is 35.7 Å².